The van der Waals surface area contributed by atoms with Gasteiger partial charge in [0, 0.05) is 12.1 Å². The minimum Gasteiger partial charge on any atom is -0.373 e. The van der Waals surface area contributed by atoms with Crippen molar-refractivity contribution in [1.29, 1.82) is 0 Å². The highest BCUT2D eigenvalue weighted by Crippen LogP contribution is 2.24. The Hall–Kier alpha value is -1.09. The summed E-state index contributed by atoms with van der Waals surface area (Å²) in [6, 6.07) is 4.46. The first-order valence-electron chi connectivity index (χ1n) is 3.49. The van der Waals surface area contributed by atoms with Crippen LogP contribution in [-0.4, -0.2) is 11.3 Å². The maximum Gasteiger partial charge on any atom is 0.128 e. The van der Waals surface area contributed by atoms with Crippen LogP contribution < -0.4 is 5.32 Å². The summed E-state index contributed by atoms with van der Waals surface area (Å²) < 4.78 is 12.6. The monoisotopic (exact) mass is 153 g/mol. The second-order valence-corrected chi connectivity index (χ2v) is 2.67. The third-order valence-corrected chi connectivity index (χ3v) is 1.80. The number of aliphatic hydroxyl groups excluding tert-OH is 1. The Bertz CT molecular complexity index is 287. The van der Waals surface area contributed by atoms with Crippen molar-refractivity contribution in [2.24, 2.45) is 0 Å². The van der Waals surface area contributed by atoms with E-state index in [2.05, 4.69) is 5.32 Å². The molecular formula is C8H8FNO. The summed E-state index contributed by atoms with van der Waals surface area (Å²) in [5.74, 6) is -0.250. The van der Waals surface area contributed by atoms with E-state index in [-0.39, 0.29) is 5.82 Å². The first-order valence-corrected chi connectivity index (χ1v) is 3.49. The predicted molar refractivity (Wildman–Crippen MR) is 39.7 cm³/mol. The highest BCUT2D eigenvalue weighted by atomic mass is 19.1. The molecule has 0 amide bonds. The number of hydrogen-bond donors (Lipinski definition) is 2. The van der Waals surface area contributed by atoms with E-state index in [1.54, 1.807) is 6.07 Å². The molecule has 11 heavy (non-hydrogen) atoms. The van der Waals surface area contributed by atoms with Crippen molar-refractivity contribution in [3.8, 4) is 0 Å². The molecule has 1 unspecified atom stereocenters. The van der Waals surface area contributed by atoms with Gasteiger partial charge in [-0.1, -0.05) is 0 Å². The molecule has 1 aliphatic heterocycles. The molecule has 2 N–H and O–H groups in total. The largest absolute Gasteiger partial charge is 0.373 e. The summed E-state index contributed by atoms with van der Waals surface area (Å²) in [4.78, 5) is 0. The van der Waals surface area contributed by atoms with E-state index < -0.39 is 6.23 Å². The van der Waals surface area contributed by atoms with Crippen molar-refractivity contribution in [1.82, 2.24) is 0 Å². The quantitative estimate of drug-likeness (QED) is 0.585. The molecule has 0 aliphatic carbocycles. The predicted octanol–water partition coefficient (Wildman–Crippen LogP) is 1.11. The molecule has 58 valence electrons. The van der Waals surface area contributed by atoms with Crippen LogP contribution in [0.5, 0.6) is 0 Å². The van der Waals surface area contributed by atoms with Crippen LogP contribution in [0.25, 0.3) is 0 Å². The van der Waals surface area contributed by atoms with Crippen molar-refractivity contribution in [2.75, 3.05) is 5.32 Å². The maximum absolute atomic E-state index is 12.6. The van der Waals surface area contributed by atoms with Crippen LogP contribution in [0, 0.1) is 5.82 Å². The maximum atomic E-state index is 12.6. The van der Waals surface area contributed by atoms with Gasteiger partial charge in [0.15, 0.2) is 0 Å². The highest BCUT2D eigenvalue weighted by molar-refractivity contribution is 5.55. The van der Waals surface area contributed by atoms with Gasteiger partial charge in [-0.05, 0) is 23.8 Å². The summed E-state index contributed by atoms with van der Waals surface area (Å²) in [7, 11) is 0. The van der Waals surface area contributed by atoms with E-state index in [4.69, 9.17) is 5.11 Å². The minimum atomic E-state index is -0.549. The van der Waals surface area contributed by atoms with Crippen LogP contribution in [-0.2, 0) is 6.42 Å². The topological polar surface area (TPSA) is 32.3 Å². The lowest BCUT2D eigenvalue weighted by molar-refractivity contribution is 0.212. The van der Waals surface area contributed by atoms with Crippen molar-refractivity contribution >= 4 is 5.69 Å². The smallest absolute Gasteiger partial charge is 0.128 e. The summed E-state index contributed by atoms with van der Waals surface area (Å²) in [5, 5.41) is 11.9. The average molecular weight is 153 g/mol. The van der Waals surface area contributed by atoms with Gasteiger partial charge in [0.05, 0.1) is 0 Å². The molecule has 1 aliphatic rings. The zero-order chi connectivity index (χ0) is 7.84. The third-order valence-electron chi connectivity index (χ3n) is 1.80. The normalized spacial score (nSPS) is 21.1. The molecule has 0 fully saturated rings. The number of hydrogen-bond acceptors (Lipinski definition) is 2. The SMILES string of the molecule is OC1Cc2cc(F)ccc2N1. The van der Waals surface area contributed by atoms with Crippen LogP contribution in [0.4, 0.5) is 10.1 Å². The Kier molecular flexibility index (Phi) is 1.32. The standard InChI is InChI=1S/C8H8FNO/c9-6-1-2-7-5(3-6)4-8(11)10-7/h1-3,8,10-11H,4H2. The molecule has 2 rings (SSSR count). The van der Waals surface area contributed by atoms with Crippen LogP contribution in [0.3, 0.4) is 0 Å². The first kappa shape index (κ1) is 6.61. The molecule has 0 radical (unpaired) electrons. The molecule has 0 saturated carbocycles. The second kappa shape index (κ2) is 2.20. The zero-order valence-corrected chi connectivity index (χ0v) is 5.84. The lowest BCUT2D eigenvalue weighted by Gasteiger charge is -1.99. The number of nitrogens with one attached hydrogen (secondary N) is 1. The van der Waals surface area contributed by atoms with Gasteiger partial charge >= 0.3 is 0 Å². The van der Waals surface area contributed by atoms with Gasteiger partial charge in [0.1, 0.15) is 12.0 Å². The van der Waals surface area contributed by atoms with Crippen LogP contribution in [0.2, 0.25) is 0 Å². The van der Waals surface area contributed by atoms with Crippen LogP contribution in [0.15, 0.2) is 18.2 Å². The Morgan fingerprint density at radius 3 is 3.18 bits per heavy atom. The molecule has 1 aromatic carbocycles. The molecule has 1 atom stereocenters. The number of aliphatic hydroxyl groups is 1. The molecule has 2 nitrogen and oxygen atoms in total. The number of fused-ring (bicyclic) bond motifs is 1. The van der Waals surface area contributed by atoms with Crippen molar-refractivity contribution in [3.05, 3.63) is 29.6 Å². The summed E-state index contributed by atoms with van der Waals surface area (Å²) in [6.07, 6.45) is -0.0561. The van der Waals surface area contributed by atoms with Gasteiger partial charge in [0.2, 0.25) is 0 Å². The summed E-state index contributed by atoms with van der Waals surface area (Å²) in [5.41, 5.74) is 1.68. The fourth-order valence-corrected chi connectivity index (χ4v) is 1.31. The fraction of sp³-hybridized carbons (Fsp3) is 0.250. The third kappa shape index (κ3) is 1.07. The van der Waals surface area contributed by atoms with Crippen molar-refractivity contribution in [3.63, 3.8) is 0 Å². The number of anilines is 1. The van der Waals surface area contributed by atoms with Gasteiger partial charge < -0.3 is 10.4 Å². The molecule has 0 bridgehead atoms. The molecule has 3 heteroatoms. The Balaban J connectivity index is 2.43. The van der Waals surface area contributed by atoms with E-state index in [1.165, 1.54) is 12.1 Å². The molecule has 0 aromatic heterocycles. The van der Waals surface area contributed by atoms with Crippen molar-refractivity contribution in [2.45, 2.75) is 12.6 Å². The lowest BCUT2D eigenvalue weighted by atomic mass is 10.1. The minimum absolute atomic E-state index is 0.250. The van der Waals surface area contributed by atoms with Gasteiger partial charge in [-0.15, -0.1) is 0 Å². The molecule has 0 saturated heterocycles. The number of rotatable bonds is 0. The van der Waals surface area contributed by atoms with E-state index in [9.17, 15) is 4.39 Å². The molecule has 1 heterocycles. The van der Waals surface area contributed by atoms with E-state index >= 15 is 0 Å². The van der Waals surface area contributed by atoms with Gasteiger partial charge in [-0.25, -0.2) is 4.39 Å². The lowest BCUT2D eigenvalue weighted by Crippen LogP contribution is -2.12. The van der Waals surface area contributed by atoms with Gasteiger partial charge in [-0.3, -0.25) is 0 Å². The van der Waals surface area contributed by atoms with Crippen LogP contribution in [0.1, 0.15) is 5.56 Å². The fourth-order valence-electron chi connectivity index (χ4n) is 1.31. The van der Waals surface area contributed by atoms with E-state index in [0.29, 0.717) is 6.42 Å². The second-order valence-electron chi connectivity index (χ2n) is 2.67. The van der Waals surface area contributed by atoms with E-state index in [0.717, 1.165) is 11.3 Å². The highest BCUT2D eigenvalue weighted by Gasteiger charge is 2.17. The Morgan fingerprint density at radius 2 is 2.36 bits per heavy atom. The average Bonchev–Trinajstić information content (AvgIpc) is 2.27. The van der Waals surface area contributed by atoms with Crippen LogP contribution >= 0.6 is 0 Å². The summed E-state index contributed by atoms with van der Waals surface area (Å²) in [6.45, 7) is 0. The van der Waals surface area contributed by atoms with Crippen molar-refractivity contribution < 1.29 is 9.50 Å². The number of benzene rings is 1. The van der Waals surface area contributed by atoms with Gasteiger partial charge in [0.25, 0.3) is 0 Å². The molecular weight excluding hydrogens is 145 g/mol. The molecule has 1 aromatic rings. The Morgan fingerprint density at radius 1 is 1.55 bits per heavy atom. The zero-order valence-electron chi connectivity index (χ0n) is 5.84. The number of halogens is 1. The van der Waals surface area contributed by atoms with E-state index in [1.807, 2.05) is 0 Å². The van der Waals surface area contributed by atoms with Gasteiger partial charge in [-0.2, -0.15) is 0 Å². The molecule has 0 spiro atoms. The Labute approximate surface area is 63.7 Å². The first-order chi connectivity index (χ1) is 5.25. The summed E-state index contributed by atoms with van der Waals surface area (Å²) >= 11 is 0.